The molecule has 3 rings (SSSR count). The standard InChI is InChI=1S/C19H21N3O3S/c1-14-7-9-15(10-8-14)17-13-22(11-4-12-23)21-19(17)16-5-2-3-6-18(16)26(20,24)25/h2-3,5-10,13,23H,4,11-12H2,1H3,(H2,20,24,25). The van der Waals surface area contributed by atoms with Gasteiger partial charge in [0.05, 0.1) is 4.90 Å². The van der Waals surface area contributed by atoms with E-state index in [1.807, 2.05) is 37.4 Å². The molecule has 1 heterocycles. The van der Waals surface area contributed by atoms with Crippen LogP contribution in [-0.4, -0.2) is 29.9 Å². The average Bonchev–Trinajstić information content (AvgIpc) is 3.04. The van der Waals surface area contributed by atoms with Gasteiger partial charge in [0.15, 0.2) is 0 Å². The van der Waals surface area contributed by atoms with E-state index in [4.69, 9.17) is 10.2 Å². The number of hydrogen-bond acceptors (Lipinski definition) is 4. The Hall–Kier alpha value is -2.48. The lowest BCUT2D eigenvalue weighted by atomic mass is 10.0. The molecule has 0 aliphatic rings. The molecule has 26 heavy (non-hydrogen) atoms. The Balaban J connectivity index is 2.20. The summed E-state index contributed by atoms with van der Waals surface area (Å²) in [6.07, 6.45) is 2.43. The summed E-state index contributed by atoms with van der Waals surface area (Å²) in [6.45, 7) is 2.60. The molecule has 7 heteroatoms. The number of primary sulfonamides is 1. The quantitative estimate of drug-likeness (QED) is 0.696. The largest absolute Gasteiger partial charge is 0.396 e. The molecule has 0 saturated carbocycles. The Labute approximate surface area is 153 Å². The Bertz CT molecular complexity index is 1010. The molecule has 136 valence electrons. The molecule has 0 spiro atoms. The van der Waals surface area contributed by atoms with E-state index in [9.17, 15) is 8.42 Å². The minimum atomic E-state index is -3.88. The normalized spacial score (nSPS) is 11.7. The number of aryl methyl sites for hydroxylation is 2. The number of hydrogen-bond donors (Lipinski definition) is 2. The molecule has 0 saturated heterocycles. The molecule has 3 aromatic rings. The van der Waals surface area contributed by atoms with Gasteiger partial charge in [-0.2, -0.15) is 5.10 Å². The number of aliphatic hydroxyl groups excluding tert-OH is 1. The van der Waals surface area contributed by atoms with Gasteiger partial charge in [0.2, 0.25) is 10.0 Å². The maximum Gasteiger partial charge on any atom is 0.238 e. The first-order chi connectivity index (χ1) is 12.4. The number of benzene rings is 2. The third kappa shape index (κ3) is 3.85. The molecular weight excluding hydrogens is 350 g/mol. The van der Waals surface area contributed by atoms with Gasteiger partial charge in [-0.05, 0) is 25.0 Å². The lowest BCUT2D eigenvalue weighted by Gasteiger charge is -2.08. The Morgan fingerprint density at radius 3 is 2.42 bits per heavy atom. The molecule has 0 aliphatic carbocycles. The number of aliphatic hydroxyl groups is 1. The molecule has 0 aliphatic heterocycles. The zero-order valence-electron chi connectivity index (χ0n) is 14.5. The second-order valence-corrected chi connectivity index (χ2v) is 7.67. The van der Waals surface area contributed by atoms with Gasteiger partial charge in [-0.3, -0.25) is 4.68 Å². The molecular formula is C19H21N3O3S. The van der Waals surface area contributed by atoms with E-state index < -0.39 is 10.0 Å². The smallest absolute Gasteiger partial charge is 0.238 e. The van der Waals surface area contributed by atoms with Crippen LogP contribution in [0.1, 0.15) is 12.0 Å². The van der Waals surface area contributed by atoms with Crippen LogP contribution in [0.5, 0.6) is 0 Å². The monoisotopic (exact) mass is 371 g/mol. The molecule has 3 N–H and O–H groups in total. The molecule has 2 aromatic carbocycles. The van der Waals surface area contributed by atoms with Crippen molar-refractivity contribution in [1.82, 2.24) is 9.78 Å². The highest BCUT2D eigenvalue weighted by Gasteiger charge is 2.20. The van der Waals surface area contributed by atoms with Crippen molar-refractivity contribution in [3.8, 4) is 22.4 Å². The first-order valence-corrected chi connectivity index (χ1v) is 9.82. The summed E-state index contributed by atoms with van der Waals surface area (Å²) >= 11 is 0. The summed E-state index contributed by atoms with van der Waals surface area (Å²) < 4.78 is 25.7. The molecule has 0 amide bonds. The van der Waals surface area contributed by atoms with Gasteiger partial charge in [0.1, 0.15) is 5.69 Å². The Morgan fingerprint density at radius 2 is 1.77 bits per heavy atom. The zero-order valence-corrected chi connectivity index (χ0v) is 15.3. The number of nitrogens with zero attached hydrogens (tertiary/aromatic N) is 2. The molecule has 1 aromatic heterocycles. The van der Waals surface area contributed by atoms with Crippen molar-refractivity contribution in [1.29, 1.82) is 0 Å². The number of nitrogens with two attached hydrogens (primary N) is 1. The first-order valence-electron chi connectivity index (χ1n) is 8.27. The van der Waals surface area contributed by atoms with Crippen LogP contribution in [0.2, 0.25) is 0 Å². The average molecular weight is 371 g/mol. The number of rotatable bonds is 6. The maximum atomic E-state index is 12.0. The Morgan fingerprint density at radius 1 is 1.08 bits per heavy atom. The van der Waals surface area contributed by atoms with Gasteiger partial charge in [0.25, 0.3) is 0 Å². The van der Waals surface area contributed by atoms with Crippen molar-refractivity contribution in [3.63, 3.8) is 0 Å². The van der Waals surface area contributed by atoms with Crippen molar-refractivity contribution >= 4 is 10.0 Å². The molecule has 6 nitrogen and oxygen atoms in total. The fraction of sp³-hybridized carbons (Fsp3) is 0.211. The molecule has 0 bridgehead atoms. The lowest BCUT2D eigenvalue weighted by Crippen LogP contribution is -2.13. The van der Waals surface area contributed by atoms with Crippen LogP contribution in [0.4, 0.5) is 0 Å². The highest BCUT2D eigenvalue weighted by Crippen LogP contribution is 2.34. The van der Waals surface area contributed by atoms with Gasteiger partial charge in [-0.25, -0.2) is 13.6 Å². The summed E-state index contributed by atoms with van der Waals surface area (Å²) in [7, 11) is -3.88. The lowest BCUT2D eigenvalue weighted by molar-refractivity contribution is 0.277. The highest BCUT2D eigenvalue weighted by atomic mass is 32.2. The SMILES string of the molecule is Cc1ccc(-c2cn(CCCO)nc2-c2ccccc2S(N)(=O)=O)cc1. The highest BCUT2D eigenvalue weighted by molar-refractivity contribution is 7.89. The van der Waals surface area contributed by atoms with E-state index in [0.29, 0.717) is 24.2 Å². The van der Waals surface area contributed by atoms with Crippen LogP contribution >= 0.6 is 0 Å². The third-order valence-corrected chi connectivity index (χ3v) is 5.09. The summed E-state index contributed by atoms with van der Waals surface area (Å²) in [6, 6.07) is 14.5. The predicted octanol–water partition coefficient (Wildman–Crippen LogP) is 2.56. The van der Waals surface area contributed by atoms with Gasteiger partial charge in [-0.15, -0.1) is 0 Å². The van der Waals surface area contributed by atoms with Crippen molar-refractivity contribution < 1.29 is 13.5 Å². The topological polar surface area (TPSA) is 98.2 Å². The zero-order chi connectivity index (χ0) is 18.7. The van der Waals surface area contributed by atoms with Crippen molar-refractivity contribution in [2.45, 2.75) is 24.8 Å². The molecule has 0 radical (unpaired) electrons. The van der Waals surface area contributed by atoms with Crippen molar-refractivity contribution in [2.75, 3.05) is 6.61 Å². The van der Waals surface area contributed by atoms with E-state index in [0.717, 1.165) is 16.7 Å². The fourth-order valence-electron chi connectivity index (χ4n) is 2.82. The minimum absolute atomic E-state index is 0.0424. The van der Waals surface area contributed by atoms with Crippen LogP contribution in [0, 0.1) is 6.92 Å². The van der Waals surface area contributed by atoms with Crippen LogP contribution in [0.15, 0.2) is 59.6 Å². The van der Waals surface area contributed by atoms with Crippen molar-refractivity contribution in [2.24, 2.45) is 5.14 Å². The fourth-order valence-corrected chi connectivity index (χ4v) is 3.56. The van der Waals surface area contributed by atoms with Crippen molar-refractivity contribution in [3.05, 3.63) is 60.3 Å². The van der Waals surface area contributed by atoms with Gasteiger partial charge in [0, 0.05) is 30.5 Å². The van der Waals surface area contributed by atoms with Crippen LogP contribution in [0.3, 0.4) is 0 Å². The van der Waals surface area contributed by atoms with Gasteiger partial charge < -0.3 is 5.11 Å². The summed E-state index contributed by atoms with van der Waals surface area (Å²) in [4.78, 5) is 0.0424. The van der Waals surface area contributed by atoms with Gasteiger partial charge >= 0.3 is 0 Å². The van der Waals surface area contributed by atoms with E-state index in [2.05, 4.69) is 5.10 Å². The summed E-state index contributed by atoms with van der Waals surface area (Å²) in [5, 5.41) is 19.1. The minimum Gasteiger partial charge on any atom is -0.396 e. The van der Waals surface area contributed by atoms with Crippen LogP contribution < -0.4 is 5.14 Å². The second kappa shape index (κ2) is 7.41. The third-order valence-electron chi connectivity index (χ3n) is 4.12. The predicted molar refractivity (Wildman–Crippen MR) is 101 cm³/mol. The maximum absolute atomic E-state index is 12.0. The van der Waals surface area contributed by atoms with Gasteiger partial charge in [-0.1, -0.05) is 48.0 Å². The van der Waals surface area contributed by atoms with E-state index in [-0.39, 0.29) is 11.5 Å². The number of aromatic nitrogens is 2. The second-order valence-electron chi connectivity index (χ2n) is 6.14. The molecule has 0 unspecified atom stereocenters. The van der Waals surface area contributed by atoms with Crippen LogP contribution in [-0.2, 0) is 16.6 Å². The first kappa shape index (κ1) is 18.3. The van der Waals surface area contributed by atoms with Crippen LogP contribution in [0.25, 0.3) is 22.4 Å². The molecule has 0 atom stereocenters. The molecule has 0 fully saturated rings. The summed E-state index contributed by atoms with van der Waals surface area (Å²) in [5.41, 5.74) is 3.90. The Kier molecular flexibility index (Phi) is 5.22. The summed E-state index contributed by atoms with van der Waals surface area (Å²) in [5.74, 6) is 0. The number of sulfonamides is 1. The van der Waals surface area contributed by atoms with E-state index >= 15 is 0 Å². The van der Waals surface area contributed by atoms with E-state index in [1.54, 1.807) is 22.9 Å². The van der Waals surface area contributed by atoms with E-state index in [1.165, 1.54) is 6.07 Å².